The molecule has 0 saturated carbocycles. The molecule has 0 aromatic carbocycles. The van der Waals surface area contributed by atoms with E-state index in [4.69, 9.17) is 4.74 Å². The molecule has 2 unspecified atom stereocenters. The van der Waals surface area contributed by atoms with Gasteiger partial charge in [-0.3, -0.25) is 4.90 Å². The third-order valence-electron chi connectivity index (χ3n) is 3.04. The Hall–Kier alpha value is -0.120. The highest BCUT2D eigenvalue weighted by atomic mass is 16.5. The Morgan fingerprint density at radius 2 is 1.81 bits per heavy atom. The van der Waals surface area contributed by atoms with E-state index in [2.05, 4.69) is 44.8 Å². The maximum atomic E-state index is 5.66. The van der Waals surface area contributed by atoms with Crippen molar-refractivity contribution < 1.29 is 4.74 Å². The number of hydrogen-bond acceptors (Lipinski definition) is 3. The molecule has 3 nitrogen and oxygen atoms in total. The van der Waals surface area contributed by atoms with E-state index in [1.165, 1.54) is 0 Å². The van der Waals surface area contributed by atoms with Gasteiger partial charge in [0.1, 0.15) is 0 Å². The molecule has 1 heterocycles. The molecule has 0 aliphatic carbocycles. The fourth-order valence-electron chi connectivity index (χ4n) is 2.10. The third kappa shape index (κ3) is 4.81. The van der Waals surface area contributed by atoms with Crippen molar-refractivity contribution in [3.05, 3.63) is 0 Å². The SMILES string of the molecule is CC.CC(C)C1COCC(CN(C)C)N1C. The van der Waals surface area contributed by atoms with Gasteiger partial charge in [0.05, 0.1) is 13.2 Å². The van der Waals surface area contributed by atoms with Gasteiger partial charge in [0.2, 0.25) is 0 Å². The summed E-state index contributed by atoms with van der Waals surface area (Å²) < 4.78 is 5.66. The monoisotopic (exact) mass is 230 g/mol. The second-order valence-corrected chi connectivity index (χ2v) is 4.93. The lowest BCUT2D eigenvalue weighted by molar-refractivity contribution is -0.0565. The van der Waals surface area contributed by atoms with E-state index in [9.17, 15) is 0 Å². The Morgan fingerprint density at radius 1 is 1.25 bits per heavy atom. The topological polar surface area (TPSA) is 15.7 Å². The summed E-state index contributed by atoms with van der Waals surface area (Å²) in [6.45, 7) is 11.4. The van der Waals surface area contributed by atoms with Gasteiger partial charge < -0.3 is 9.64 Å². The lowest BCUT2D eigenvalue weighted by Crippen LogP contribution is -2.55. The van der Waals surface area contributed by atoms with Crippen LogP contribution in [0.1, 0.15) is 27.7 Å². The Balaban J connectivity index is 0.00000106. The first-order chi connectivity index (χ1) is 7.52. The van der Waals surface area contributed by atoms with Crippen molar-refractivity contribution >= 4 is 0 Å². The highest BCUT2D eigenvalue weighted by Crippen LogP contribution is 2.17. The summed E-state index contributed by atoms with van der Waals surface area (Å²) in [5, 5.41) is 0. The summed E-state index contributed by atoms with van der Waals surface area (Å²) in [7, 11) is 6.46. The molecule has 0 N–H and O–H groups in total. The van der Waals surface area contributed by atoms with Crippen molar-refractivity contribution in [1.82, 2.24) is 9.80 Å². The van der Waals surface area contributed by atoms with Crippen LogP contribution in [-0.4, -0.2) is 62.8 Å². The van der Waals surface area contributed by atoms with Crippen LogP contribution in [0.5, 0.6) is 0 Å². The second-order valence-electron chi connectivity index (χ2n) is 4.93. The summed E-state index contributed by atoms with van der Waals surface area (Å²) in [4.78, 5) is 4.71. The summed E-state index contributed by atoms with van der Waals surface area (Å²) in [5.41, 5.74) is 0. The van der Waals surface area contributed by atoms with Gasteiger partial charge in [-0.05, 0) is 27.1 Å². The minimum Gasteiger partial charge on any atom is -0.378 e. The Labute approximate surface area is 102 Å². The van der Waals surface area contributed by atoms with Gasteiger partial charge in [0.15, 0.2) is 0 Å². The maximum Gasteiger partial charge on any atom is 0.0635 e. The third-order valence-corrected chi connectivity index (χ3v) is 3.04. The van der Waals surface area contributed by atoms with Gasteiger partial charge in [-0.25, -0.2) is 0 Å². The van der Waals surface area contributed by atoms with E-state index in [-0.39, 0.29) is 0 Å². The first-order valence-electron chi connectivity index (χ1n) is 6.46. The van der Waals surface area contributed by atoms with E-state index < -0.39 is 0 Å². The van der Waals surface area contributed by atoms with Crippen LogP contribution >= 0.6 is 0 Å². The molecule has 2 atom stereocenters. The molecule has 0 amide bonds. The molecule has 16 heavy (non-hydrogen) atoms. The van der Waals surface area contributed by atoms with Crippen molar-refractivity contribution in [3.63, 3.8) is 0 Å². The number of morpholine rings is 1. The molecule has 1 rings (SSSR count). The minimum absolute atomic E-state index is 0.547. The second kappa shape index (κ2) is 8.04. The van der Waals surface area contributed by atoms with Gasteiger partial charge in [-0.2, -0.15) is 0 Å². The summed E-state index contributed by atoms with van der Waals surface area (Å²) in [6, 6.07) is 1.12. The number of ether oxygens (including phenoxy) is 1. The molecular weight excluding hydrogens is 200 g/mol. The standard InChI is InChI=1S/C11H24N2O.C2H6/c1-9(2)11-8-14-7-10(13(11)5)6-12(3)4;1-2/h9-11H,6-8H2,1-5H3;1-2H3. The van der Waals surface area contributed by atoms with Gasteiger partial charge in [-0.1, -0.05) is 27.7 Å². The quantitative estimate of drug-likeness (QED) is 0.737. The Morgan fingerprint density at radius 3 is 2.25 bits per heavy atom. The molecular formula is C13H30N2O. The Bertz CT molecular complexity index is 171. The molecule has 3 heteroatoms. The largest absolute Gasteiger partial charge is 0.378 e. The number of hydrogen-bond donors (Lipinski definition) is 0. The smallest absolute Gasteiger partial charge is 0.0635 e. The van der Waals surface area contributed by atoms with Crippen LogP contribution < -0.4 is 0 Å². The maximum absolute atomic E-state index is 5.66. The van der Waals surface area contributed by atoms with Gasteiger partial charge in [0.25, 0.3) is 0 Å². The van der Waals surface area contributed by atoms with Gasteiger partial charge >= 0.3 is 0 Å². The van der Waals surface area contributed by atoms with Crippen LogP contribution in [0.25, 0.3) is 0 Å². The van der Waals surface area contributed by atoms with Gasteiger partial charge in [-0.15, -0.1) is 0 Å². The van der Waals surface area contributed by atoms with Crippen LogP contribution in [0.3, 0.4) is 0 Å². The molecule has 0 spiro atoms. The highest BCUT2D eigenvalue weighted by molar-refractivity contribution is 4.83. The first-order valence-corrected chi connectivity index (χ1v) is 6.46. The van der Waals surface area contributed by atoms with Crippen molar-refractivity contribution in [2.24, 2.45) is 5.92 Å². The zero-order valence-corrected chi connectivity index (χ0v) is 12.2. The van der Waals surface area contributed by atoms with E-state index in [0.717, 1.165) is 19.8 Å². The molecule has 1 fully saturated rings. The predicted molar refractivity (Wildman–Crippen MR) is 70.9 cm³/mol. The number of likely N-dealkylation sites (N-methyl/N-ethyl adjacent to an activating group) is 2. The fourth-order valence-corrected chi connectivity index (χ4v) is 2.10. The van der Waals surface area contributed by atoms with Crippen LogP contribution in [0.15, 0.2) is 0 Å². The lowest BCUT2D eigenvalue weighted by Gasteiger charge is -2.42. The average molecular weight is 230 g/mol. The fraction of sp³-hybridized carbons (Fsp3) is 1.00. The lowest BCUT2D eigenvalue weighted by atomic mass is 10.0. The summed E-state index contributed by atoms with van der Waals surface area (Å²) in [6.07, 6.45) is 0. The number of rotatable bonds is 3. The van der Waals surface area contributed by atoms with Crippen molar-refractivity contribution in [2.45, 2.75) is 39.8 Å². The molecule has 0 aromatic heterocycles. The summed E-state index contributed by atoms with van der Waals surface area (Å²) in [5.74, 6) is 0.671. The zero-order valence-electron chi connectivity index (χ0n) is 12.2. The van der Waals surface area contributed by atoms with Crippen molar-refractivity contribution in [1.29, 1.82) is 0 Å². The Kier molecular flexibility index (Phi) is 7.98. The predicted octanol–water partition coefficient (Wildman–Crippen LogP) is 1.93. The van der Waals surface area contributed by atoms with Crippen LogP contribution in [0.4, 0.5) is 0 Å². The summed E-state index contributed by atoms with van der Waals surface area (Å²) >= 11 is 0. The molecule has 1 aliphatic heterocycles. The molecule has 98 valence electrons. The zero-order chi connectivity index (χ0) is 12.7. The average Bonchev–Trinajstić information content (AvgIpc) is 2.23. The molecule has 1 aliphatic rings. The van der Waals surface area contributed by atoms with Crippen molar-refractivity contribution in [2.75, 3.05) is 40.9 Å². The van der Waals surface area contributed by atoms with Crippen LogP contribution in [0.2, 0.25) is 0 Å². The van der Waals surface area contributed by atoms with Crippen molar-refractivity contribution in [3.8, 4) is 0 Å². The molecule has 0 radical (unpaired) electrons. The van der Waals surface area contributed by atoms with E-state index in [1.54, 1.807) is 0 Å². The molecule has 1 saturated heterocycles. The van der Waals surface area contributed by atoms with E-state index >= 15 is 0 Å². The van der Waals surface area contributed by atoms with E-state index in [0.29, 0.717) is 18.0 Å². The van der Waals surface area contributed by atoms with Gasteiger partial charge in [0, 0.05) is 18.6 Å². The first kappa shape index (κ1) is 15.9. The minimum atomic E-state index is 0.547. The van der Waals surface area contributed by atoms with E-state index in [1.807, 2.05) is 13.8 Å². The highest BCUT2D eigenvalue weighted by Gasteiger charge is 2.30. The number of nitrogens with zero attached hydrogens (tertiary/aromatic N) is 2. The van der Waals surface area contributed by atoms with Crippen LogP contribution in [-0.2, 0) is 4.74 Å². The normalized spacial score (nSPS) is 26.8. The molecule has 0 bridgehead atoms. The van der Waals surface area contributed by atoms with Crippen LogP contribution in [0, 0.1) is 5.92 Å². The molecule has 0 aromatic rings.